The zero-order valence-corrected chi connectivity index (χ0v) is 11.6. The molecule has 1 aromatic heterocycles. The number of hydrogen-bond acceptors (Lipinski definition) is 6. The lowest BCUT2D eigenvalue weighted by atomic mass is 10.3. The Balaban J connectivity index is 2.38. The minimum absolute atomic E-state index is 0.0652. The molecule has 1 N–H and O–H groups in total. The average Bonchev–Trinajstić information content (AvgIpc) is 2.41. The first-order valence-electron chi connectivity index (χ1n) is 5.25. The Morgan fingerprint density at radius 1 is 1.24 bits per heavy atom. The van der Waals surface area contributed by atoms with Crippen molar-refractivity contribution in [2.24, 2.45) is 0 Å². The summed E-state index contributed by atoms with van der Waals surface area (Å²) < 4.78 is 39.3. The molecule has 8 nitrogen and oxygen atoms in total. The van der Waals surface area contributed by atoms with Crippen molar-refractivity contribution in [2.75, 3.05) is 4.72 Å². The summed E-state index contributed by atoms with van der Waals surface area (Å²) >= 11 is 5.51. The molecule has 2 aromatic rings. The smallest absolute Gasteiger partial charge is 0.262 e. The predicted molar refractivity (Wildman–Crippen MR) is 70.9 cm³/mol. The molecule has 11 heteroatoms. The number of nitrogens with zero attached hydrogens (tertiary/aromatic N) is 3. The fourth-order valence-electron chi connectivity index (χ4n) is 1.37. The van der Waals surface area contributed by atoms with Crippen LogP contribution in [0.15, 0.2) is 35.2 Å². The normalized spacial score (nSPS) is 11.1. The van der Waals surface area contributed by atoms with Crippen LogP contribution in [0.2, 0.25) is 5.15 Å². The van der Waals surface area contributed by atoms with Crippen LogP contribution in [0.4, 0.5) is 15.9 Å². The van der Waals surface area contributed by atoms with Crippen LogP contribution in [-0.2, 0) is 10.0 Å². The summed E-state index contributed by atoms with van der Waals surface area (Å²) in [6.07, 6.45) is 0. The van der Waals surface area contributed by atoms with Gasteiger partial charge in [-0.2, -0.15) is 4.39 Å². The van der Waals surface area contributed by atoms with Gasteiger partial charge in [0.15, 0.2) is 11.0 Å². The van der Waals surface area contributed by atoms with Gasteiger partial charge >= 0.3 is 5.69 Å². The maximum Gasteiger partial charge on any atom is 0.306 e. The molecule has 21 heavy (non-hydrogen) atoms. The molecular weight excluding hydrogens is 327 g/mol. The third kappa shape index (κ3) is 3.41. The van der Waals surface area contributed by atoms with Crippen LogP contribution in [0.1, 0.15) is 0 Å². The van der Waals surface area contributed by atoms with Crippen LogP contribution in [0.3, 0.4) is 0 Å². The highest BCUT2D eigenvalue weighted by Gasteiger charge is 2.22. The second-order valence-electron chi connectivity index (χ2n) is 3.72. The molecule has 0 aliphatic rings. The number of hydrogen-bond donors (Lipinski definition) is 1. The van der Waals surface area contributed by atoms with Gasteiger partial charge in [-0.3, -0.25) is 14.8 Å². The predicted octanol–water partition coefficient (Wildman–Crippen LogP) is 1.98. The van der Waals surface area contributed by atoms with E-state index >= 15 is 0 Å². The Morgan fingerprint density at radius 3 is 2.52 bits per heavy atom. The Bertz CT molecular complexity index is 797. The van der Waals surface area contributed by atoms with Crippen molar-refractivity contribution >= 4 is 33.1 Å². The molecule has 0 spiro atoms. The molecule has 0 amide bonds. The minimum atomic E-state index is -4.17. The maximum atomic E-state index is 13.2. The molecule has 0 atom stereocenters. The third-order valence-electron chi connectivity index (χ3n) is 2.30. The lowest BCUT2D eigenvalue weighted by Crippen LogP contribution is -2.14. The van der Waals surface area contributed by atoms with E-state index in [9.17, 15) is 22.9 Å². The van der Waals surface area contributed by atoms with Crippen LogP contribution in [-0.4, -0.2) is 23.5 Å². The molecule has 0 unspecified atom stereocenters. The number of rotatable bonds is 4. The zero-order chi connectivity index (χ0) is 15.6. The first-order valence-corrected chi connectivity index (χ1v) is 7.12. The number of benzene rings is 1. The van der Waals surface area contributed by atoms with Gasteiger partial charge in [0.25, 0.3) is 10.0 Å². The van der Waals surface area contributed by atoms with Crippen molar-refractivity contribution in [3.63, 3.8) is 0 Å². The number of nitrogens with one attached hydrogen (secondary N) is 1. The van der Waals surface area contributed by atoms with Crippen molar-refractivity contribution in [3.05, 3.63) is 51.4 Å². The largest absolute Gasteiger partial charge is 0.306 e. The molecule has 0 fully saturated rings. The molecule has 0 aliphatic heterocycles. The SMILES string of the molecule is O=[N+]([O-])c1cc(S(=O)(=O)Nc2ccc(Cl)nn2)ccc1F. The number of nitro groups is 1. The second-order valence-corrected chi connectivity index (χ2v) is 5.79. The van der Waals surface area contributed by atoms with Gasteiger partial charge in [0.05, 0.1) is 9.82 Å². The van der Waals surface area contributed by atoms with Crippen LogP contribution in [0, 0.1) is 15.9 Å². The molecule has 1 aromatic carbocycles. The summed E-state index contributed by atoms with van der Waals surface area (Å²) in [5.74, 6) is -1.27. The van der Waals surface area contributed by atoms with E-state index in [0.717, 1.165) is 6.07 Å². The molecular formula is C10H6ClFN4O4S. The molecule has 0 bridgehead atoms. The summed E-state index contributed by atoms with van der Waals surface area (Å²) in [5, 5.41) is 17.6. The van der Waals surface area contributed by atoms with Crippen LogP contribution in [0.5, 0.6) is 0 Å². The topological polar surface area (TPSA) is 115 Å². The Morgan fingerprint density at radius 2 is 1.95 bits per heavy atom. The number of anilines is 1. The number of halogens is 2. The van der Waals surface area contributed by atoms with Crippen molar-refractivity contribution in [2.45, 2.75) is 4.90 Å². The monoisotopic (exact) mass is 332 g/mol. The minimum Gasteiger partial charge on any atom is -0.262 e. The quantitative estimate of drug-likeness (QED) is 0.676. The van der Waals surface area contributed by atoms with Crippen molar-refractivity contribution in [3.8, 4) is 0 Å². The molecule has 110 valence electrons. The first kappa shape index (κ1) is 15.1. The summed E-state index contributed by atoms with van der Waals surface area (Å²) in [6, 6.07) is 4.76. The van der Waals surface area contributed by atoms with E-state index in [1.54, 1.807) is 0 Å². The van der Waals surface area contributed by atoms with Gasteiger partial charge in [0, 0.05) is 6.07 Å². The zero-order valence-electron chi connectivity index (χ0n) is 10.0. The average molecular weight is 333 g/mol. The highest BCUT2D eigenvalue weighted by atomic mass is 35.5. The van der Waals surface area contributed by atoms with Crippen molar-refractivity contribution in [1.82, 2.24) is 10.2 Å². The van der Waals surface area contributed by atoms with Crippen LogP contribution in [0.25, 0.3) is 0 Å². The number of aromatic nitrogens is 2. The third-order valence-corrected chi connectivity index (χ3v) is 3.85. The summed E-state index contributed by atoms with van der Waals surface area (Å²) in [6.45, 7) is 0. The number of sulfonamides is 1. The van der Waals surface area contributed by atoms with E-state index in [1.807, 2.05) is 4.72 Å². The maximum absolute atomic E-state index is 13.2. The fourth-order valence-corrected chi connectivity index (χ4v) is 2.48. The van der Waals surface area contributed by atoms with Crippen LogP contribution >= 0.6 is 11.6 Å². The Kier molecular flexibility index (Phi) is 4.00. The summed E-state index contributed by atoms with van der Waals surface area (Å²) in [7, 11) is -4.17. The van der Waals surface area contributed by atoms with Gasteiger partial charge < -0.3 is 0 Å². The van der Waals surface area contributed by atoms with E-state index in [1.165, 1.54) is 12.1 Å². The van der Waals surface area contributed by atoms with Gasteiger partial charge in [0.1, 0.15) is 0 Å². The summed E-state index contributed by atoms with van der Waals surface area (Å²) in [5.41, 5.74) is -0.944. The lowest BCUT2D eigenvalue weighted by molar-refractivity contribution is -0.387. The number of nitro benzene ring substituents is 1. The Labute approximate surface area is 122 Å². The molecule has 0 saturated carbocycles. The van der Waals surface area contributed by atoms with E-state index in [2.05, 4.69) is 10.2 Å². The Hall–Kier alpha value is -2.33. The molecule has 1 heterocycles. The van der Waals surface area contributed by atoms with E-state index in [-0.39, 0.29) is 11.0 Å². The van der Waals surface area contributed by atoms with E-state index < -0.39 is 31.3 Å². The van der Waals surface area contributed by atoms with Gasteiger partial charge in [0.2, 0.25) is 5.82 Å². The first-order chi connectivity index (χ1) is 9.79. The lowest BCUT2D eigenvalue weighted by Gasteiger charge is -2.06. The second kappa shape index (κ2) is 5.58. The van der Waals surface area contributed by atoms with Crippen LogP contribution < -0.4 is 4.72 Å². The highest BCUT2D eigenvalue weighted by Crippen LogP contribution is 2.23. The molecule has 0 saturated heterocycles. The molecule has 0 radical (unpaired) electrons. The summed E-state index contributed by atoms with van der Waals surface area (Å²) in [4.78, 5) is 9.11. The van der Waals surface area contributed by atoms with Gasteiger partial charge in [-0.15, -0.1) is 10.2 Å². The van der Waals surface area contributed by atoms with E-state index in [4.69, 9.17) is 11.6 Å². The van der Waals surface area contributed by atoms with Crippen molar-refractivity contribution < 1.29 is 17.7 Å². The van der Waals surface area contributed by atoms with Crippen molar-refractivity contribution in [1.29, 1.82) is 0 Å². The standard InChI is InChI=1S/C10H6ClFN4O4S/c11-9-3-4-10(14-13-9)15-21(19,20)6-1-2-7(12)8(5-6)16(17)18/h1-5H,(H,14,15). The molecule has 2 rings (SSSR count). The highest BCUT2D eigenvalue weighted by molar-refractivity contribution is 7.92. The van der Waals surface area contributed by atoms with Gasteiger partial charge in [-0.05, 0) is 24.3 Å². The molecule has 0 aliphatic carbocycles. The van der Waals surface area contributed by atoms with E-state index in [0.29, 0.717) is 12.1 Å². The van der Waals surface area contributed by atoms with Gasteiger partial charge in [-0.25, -0.2) is 8.42 Å². The fraction of sp³-hybridized carbons (Fsp3) is 0. The van der Waals surface area contributed by atoms with Gasteiger partial charge in [-0.1, -0.05) is 11.6 Å².